The third kappa shape index (κ3) is 3.13. The van der Waals surface area contributed by atoms with Gasteiger partial charge in [-0.05, 0) is 73.4 Å². The van der Waals surface area contributed by atoms with Crippen molar-refractivity contribution in [2.75, 3.05) is 19.6 Å². The van der Waals surface area contributed by atoms with Crippen LogP contribution in [0.4, 0.5) is 0 Å². The van der Waals surface area contributed by atoms with Gasteiger partial charge in [0.05, 0.1) is 0 Å². The predicted molar refractivity (Wildman–Crippen MR) is 79.1 cm³/mol. The van der Waals surface area contributed by atoms with Gasteiger partial charge in [-0.2, -0.15) is 0 Å². The molecule has 0 aromatic heterocycles. The van der Waals surface area contributed by atoms with Gasteiger partial charge < -0.3 is 4.90 Å². The van der Waals surface area contributed by atoms with Gasteiger partial charge in [-0.3, -0.25) is 9.69 Å². The van der Waals surface area contributed by atoms with E-state index in [2.05, 4.69) is 44.4 Å². The highest BCUT2D eigenvalue weighted by molar-refractivity contribution is 5.81. The Bertz CT molecular complexity index is 337. The number of hydrogen-bond acceptors (Lipinski definition) is 2. The maximum Gasteiger partial charge on any atom is 0.226 e. The van der Waals surface area contributed by atoms with E-state index in [1.807, 2.05) is 0 Å². The zero-order chi connectivity index (χ0) is 14.3. The molecule has 1 amide bonds. The van der Waals surface area contributed by atoms with Crippen molar-refractivity contribution in [3.8, 4) is 0 Å². The van der Waals surface area contributed by atoms with Crippen LogP contribution in [0.25, 0.3) is 0 Å². The van der Waals surface area contributed by atoms with Crippen molar-refractivity contribution in [2.24, 2.45) is 5.92 Å². The lowest BCUT2D eigenvalue weighted by Gasteiger charge is -2.37. The number of hydrogen-bond donors (Lipinski definition) is 0. The summed E-state index contributed by atoms with van der Waals surface area (Å²) in [6, 6.07) is 0. The smallest absolute Gasteiger partial charge is 0.226 e. The second-order valence-electron chi connectivity index (χ2n) is 7.86. The summed E-state index contributed by atoms with van der Waals surface area (Å²) >= 11 is 0. The van der Waals surface area contributed by atoms with Crippen LogP contribution in [0, 0.1) is 5.92 Å². The standard InChI is InChI=1S/C16H30N2O/c1-15(2,3)18-11-8-13(14(18)19)12-16(4,5)17-9-6-7-10-17/h13H,6-12H2,1-5H3. The number of amides is 1. The molecule has 3 heteroatoms. The molecule has 2 fully saturated rings. The van der Waals surface area contributed by atoms with E-state index in [0.717, 1.165) is 19.4 Å². The molecular weight excluding hydrogens is 236 g/mol. The average molecular weight is 266 g/mol. The quantitative estimate of drug-likeness (QED) is 0.784. The largest absolute Gasteiger partial charge is 0.338 e. The fourth-order valence-electron chi connectivity index (χ4n) is 3.65. The molecule has 2 aliphatic heterocycles. The molecule has 19 heavy (non-hydrogen) atoms. The highest BCUT2D eigenvalue weighted by Gasteiger charge is 2.41. The fourth-order valence-corrected chi connectivity index (χ4v) is 3.65. The van der Waals surface area contributed by atoms with Crippen molar-refractivity contribution in [1.82, 2.24) is 9.80 Å². The molecular formula is C16H30N2O. The van der Waals surface area contributed by atoms with Crippen LogP contribution in [-0.4, -0.2) is 46.4 Å². The van der Waals surface area contributed by atoms with Gasteiger partial charge in [-0.15, -0.1) is 0 Å². The first-order chi connectivity index (χ1) is 8.72. The molecule has 0 radical (unpaired) electrons. The molecule has 2 aliphatic rings. The Hall–Kier alpha value is -0.570. The lowest BCUT2D eigenvalue weighted by atomic mass is 9.88. The zero-order valence-corrected chi connectivity index (χ0v) is 13.3. The number of rotatable bonds is 3. The summed E-state index contributed by atoms with van der Waals surface area (Å²) in [5.41, 5.74) is 0.147. The molecule has 2 saturated heterocycles. The van der Waals surface area contributed by atoms with E-state index < -0.39 is 0 Å². The number of nitrogens with zero attached hydrogens (tertiary/aromatic N) is 2. The van der Waals surface area contributed by atoms with Crippen molar-refractivity contribution in [3.05, 3.63) is 0 Å². The monoisotopic (exact) mass is 266 g/mol. The van der Waals surface area contributed by atoms with Crippen LogP contribution in [0.5, 0.6) is 0 Å². The summed E-state index contributed by atoms with van der Waals surface area (Å²) in [7, 11) is 0. The van der Waals surface area contributed by atoms with Crippen LogP contribution in [0.15, 0.2) is 0 Å². The Labute approximate surface area is 118 Å². The van der Waals surface area contributed by atoms with E-state index in [0.29, 0.717) is 5.91 Å². The predicted octanol–water partition coefficient (Wildman–Crippen LogP) is 2.90. The highest BCUT2D eigenvalue weighted by atomic mass is 16.2. The van der Waals surface area contributed by atoms with Crippen LogP contribution >= 0.6 is 0 Å². The molecule has 1 unspecified atom stereocenters. The van der Waals surface area contributed by atoms with E-state index in [4.69, 9.17) is 0 Å². The maximum atomic E-state index is 12.6. The minimum absolute atomic E-state index is 0.0242. The van der Waals surface area contributed by atoms with E-state index >= 15 is 0 Å². The zero-order valence-electron chi connectivity index (χ0n) is 13.3. The van der Waals surface area contributed by atoms with Crippen LogP contribution < -0.4 is 0 Å². The van der Waals surface area contributed by atoms with Crippen molar-refractivity contribution < 1.29 is 4.79 Å². The summed E-state index contributed by atoms with van der Waals surface area (Å²) in [6.45, 7) is 14.4. The van der Waals surface area contributed by atoms with Gasteiger partial charge in [0.1, 0.15) is 0 Å². The molecule has 1 atom stereocenters. The second-order valence-corrected chi connectivity index (χ2v) is 7.86. The lowest BCUT2D eigenvalue weighted by Crippen LogP contribution is -2.46. The van der Waals surface area contributed by atoms with E-state index in [1.54, 1.807) is 0 Å². The SMILES string of the molecule is CC(C)(C)N1CCC(CC(C)(C)N2CCCC2)C1=O. The average Bonchev–Trinajstić information content (AvgIpc) is 2.87. The van der Waals surface area contributed by atoms with Crippen molar-refractivity contribution in [1.29, 1.82) is 0 Å². The molecule has 0 N–H and O–H groups in total. The lowest BCUT2D eigenvalue weighted by molar-refractivity contribution is -0.135. The summed E-state index contributed by atoms with van der Waals surface area (Å²) in [6.07, 6.45) is 4.68. The second kappa shape index (κ2) is 5.08. The Morgan fingerprint density at radius 1 is 1.05 bits per heavy atom. The van der Waals surface area contributed by atoms with Crippen LogP contribution in [0.2, 0.25) is 0 Å². The van der Waals surface area contributed by atoms with Crippen molar-refractivity contribution in [3.63, 3.8) is 0 Å². The number of likely N-dealkylation sites (tertiary alicyclic amines) is 2. The third-order valence-electron chi connectivity index (χ3n) is 4.83. The van der Waals surface area contributed by atoms with Gasteiger partial charge in [-0.25, -0.2) is 0 Å². The van der Waals surface area contributed by atoms with Crippen molar-refractivity contribution in [2.45, 2.75) is 71.4 Å². The molecule has 2 rings (SSSR count). The van der Waals surface area contributed by atoms with E-state index in [9.17, 15) is 4.79 Å². The molecule has 110 valence electrons. The molecule has 0 aromatic rings. The fraction of sp³-hybridized carbons (Fsp3) is 0.938. The molecule has 2 heterocycles. The minimum atomic E-state index is -0.0242. The Morgan fingerprint density at radius 3 is 2.11 bits per heavy atom. The molecule has 0 aromatic carbocycles. The Kier molecular flexibility index (Phi) is 3.97. The Balaban J connectivity index is 1.98. The summed E-state index contributed by atoms with van der Waals surface area (Å²) in [5.74, 6) is 0.606. The van der Waals surface area contributed by atoms with Crippen molar-refractivity contribution >= 4 is 5.91 Å². The van der Waals surface area contributed by atoms with Crippen LogP contribution in [0.3, 0.4) is 0 Å². The van der Waals surface area contributed by atoms with Crippen LogP contribution in [-0.2, 0) is 4.79 Å². The number of carbonyl (C=O) groups is 1. The van der Waals surface area contributed by atoms with Crippen LogP contribution in [0.1, 0.15) is 60.3 Å². The summed E-state index contributed by atoms with van der Waals surface area (Å²) in [5, 5.41) is 0. The van der Waals surface area contributed by atoms with Gasteiger partial charge in [0.2, 0.25) is 5.91 Å². The first kappa shape index (κ1) is 14.8. The first-order valence-corrected chi connectivity index (χ1v) is 7.78. The third-order valence-corrected chi connectivity index (χ3v) is 4.83. The molecule has 0 spiro atoms. The first-order valence-electron chi connectivity index (χ1n) is 7.78. The van der Waals surface area contributed by atoms with Gasteiger partial charge in [0.15, 0.2) is 0 Å². The van der Waals surface area contributed by atoms with Gasteiger partial charge in [0, 0.05) is 23.5 Å². The summed E-state index contributed by atoms with van der Waals surface area (Å²) in [4.78, 5) is 17.2. The van der Waals surface area contributed by atoms with Gasteiger partial charge in [-0.1, -0.05) is 0 Å². The van der Waals surface area contributed by atoms with Gasteiger partial charge >= 0.3 is 0 Å². The van der Waals surface area contributed by atoms with Gasteiger partial charge in [0.25, 0.3) is 0 Å². The maximum absolute atomic E-state index is 12.6. The van der Waals surface area contributed by atoms with E-state index in [1.165, 1.54) is 25.9 Å². The molecule has 0 bridgehead atoms. The topological polar surface area (TPSA) is 23.6 Å². The minimum Gasteiger partial charge on any atom is -0.338 e. The number of carbonyl (C=O) groups excluding carboxylic acids is 1. The highest BCUT2D eigenvalue weighted by Crippen LogP contribution is 2.34. The molecule has 3 nitrogen and oxygen atoms in total. The van der Waals surface area contributed by atoms with E-state index in [-0.39, 0.29) is 17.0 Å². The normalized spacial score (nSPS) is 26.5. The molecule has 0 aliphatic carbocycles. The summed E-state index contributed by atoms with van der Waals surface area (Å²) < 4.78 is 0. The Morgan fingerprint density at radius 2 is 1.63 bits per heavy atom. The molecule has 0 saturated carbocycles.